The van der Waals surface area contributed by atoms with Crippen molar-refractivity contribution in [3.63, 3.8) is 0 Å². The Balaban J connectivity index is 1.23. The van der Waals surface area contributed by atoms with Gasteiger partial charge in [0.05, 0.1) is 48.0 Å². The van der Waals surface area contributed by atoms with Gasteiger partial charge in [-0.1, -0.05) is 59.6 Å². The molecule has 2 saturated heterocycles. The largest absolute Gasteiger partial charge is 0.480 e. The Labute approximate surface area is 293 Å². The van der Waals surface area contributed by atoms with Gasteiger partial charge in [0.15, 0.2) is 0 Å². The van der Waals surface area contributed by atoms with Crippen molar-refractivity contribution in [1.82, 2.24) is 35.5 Å². The highest BCUT2D eigenvalue weighted by Gasteiger charge is 2.28. The van der Waals surface area contributed by atoms with E-state index in [1.165, 1.54) is 7.11 Å². The topological polar surface area (TPSA) is 114 Å². The minimum atomic E-state index is -2.34. The zero-order valence-corrected chi connectivity index (χ0v) is 28.7. The lowest BCUT2D eigenvalue weighted by atomic mass is 9.98. The van der Waals surface area contributed by atoms with Crippen molar-refractivity contribution >= 4 is 29.1 Å². The molecule has 0 radical (unpaired) electrons. The summed E-state index contributed by atoms with van der Waals surface area (Å²) in [4.78, 5) is 32.1. The van der Waals surface area contributed by atoms with E-state index < -0.39 is 12.3 Å². The summed E-state index contributed by atoms with van der Waals surface area (Å²) in [6, 6.07) is 11.3. The van der Waals surface area contributed by atoms with Crippen LogP contribution in [-0.4, -0.2) is 77.1 Å². The van der Waals surface area contributed by atoms with E-state index in [9.17, 15) is 13.6 Å². The Bertz CT molecular complexity index is 1820. The molecule has 0 saturated carbocycles. The Hall–Kier alpha value is -3.97. The van der Waals surface area contributed by atoms with Crippen LogP contribution in [0.15, 0.2) is 48.8 Å². The predicted octanol–water partition coefficient (Wildman–Crippen LogP) is 6.44. The van der Waals surface area contributed by atoms with E-state index in [1.54, 1.807) is 19.5 Å². The van der Waals surface area contributed by atoms with E-state index in [1.807, 2.05) is 41.3 Å². The highest BCUT2D eigenvalue weighted by Crippen LogP contribution is 2.42. The maximum atomic E-state index is 13.4. The summed E-state index contributed by atoms with van der Waals surface area (Å²) in [6.07, 6.45) is 3.51. The lowest BCUT2D eigenvalue weighted by Crippen LogP contribution is -2.38. The molecule has 1 amide bonds. The molecule has 2 aliphatic rings. The SMILES string of the molecule is COc1nc(-c2cccc(-c3cccc(-c4cnc(CN5CCCC(C(F)F)C5)c(OC)n4)c3Cl)c2Cl)cnc1CNC[C@@H]1CCC(=O)N1. The number of hydrogen-bond donors (Lipinski definition) is 2. The Morgan fingerprint density at radius 3 is 2.08 bits per heavy atom. The molecule has 2 aliphatic heterocycles. The molecular formula is C35H37Cl2F2N7O3. The van der Waals surface area contributed by atoms with Crippen molar-refractivity contribution in [2.75, 3.05) is 33.9 Å². The number of likely N-dealkylation sites (tertiary alicyclic amines) is 1. The van der Waals surface area contributed by atoms with E-state index >= 15 is 0 Å². The number of halogens is 4. The number of piperidine rings is 1. The number of hydrogen-bond acceptors (Lipinski definition) is 9. The number of carbonyl (C=O) groups is 1. The standard InChI is InChI=1S/C35H37Cl2F2N7O3/c1-48-34-28(15-40-14-21-11-12-30(47)43-21)41-16-26(44-34)24-9-3-7-22(31(24)36)23-8-4-10-25(32(23)37)27-17-42-29(35(45-27)49-2)19-46-13-5-6-20(18-46)33(38)39/h3-4,7-10,16-17,20-21,33,40H,5-6,11-15,18-19H2,1-2H3,(H,43,47)/t20?,21-/m0/s1. The lowest BCUT2D eigenvalue weighted by Gasteiger charge is -2.32. The van der Waals surface area contributed by atoms with Gasteiger partial charge in [-0.25, -0.2) is 18.7 Å². The van der Waals surface area contributed by atoms with Gasteiger partial charge in [0.1, 0.15) is 11.4 Å². The van der Waals surface area contributed by atoms with Crippen LogP contribution >= 0.6 is 23.2 Å². The van der Waals surface area contributed by atoms with Crippen molar-refractivity contribution in [1.29, 1.82) is 0 Å². The first-order valence-electron chi connectivity index (χ1n) is 16.1. The monoisotopic (exact) mass is 711 g/mol. The molecule has 10 nitrogen and oxygen atoms in total. The number of methoxy groups -OCH3 is 2. The summed E-state index contributed by atoms with van der Waals surface area (Å²) in [5.74, 6) is 0.109. The van der Waals surface area contributed by atoms with Crippen LogP contribution in [-0.2, 0) is 17.9 Å². The van der Waals surface area contributed by atoms with E-state index in [0.717, 1.165) is 6.42 Å². The quantitative estimate of drug-likeness (QED) is 0.171. The molecule has 49 heavy (non-hydrogen) atoms. The number of alkyl halides is 2. The summed E-state index contributed by atoms with van der Waals surface area (Å²) in [5, 5.41) is 7.11. The molecule has 2 aromatic heterocycles. The van der Waals surface area contributed by atoms with Crippen LogP contribution in [0.1, 0.15) is 37.1 Å². The molecule has 6 rings (SSSR count). The van der Waals surface area contributed by atoms with E-state index in [0.29, 0.717) is 119 Å². The van der Waals surface area contributed by atoms with Crippen LogP contribution in [0.3, 0.4) is 0 Å². The number of nitrogens with one attached hydrogen (secondary N) is 2. The number of carbonyl (C=O) groups excluding carboxylic acids is 1. The molecule has 2 N–H and O–H groups in total. The first-order valence-corrected chi connectivity index (χ1v) is 16.9. The molecule has 0 aliphatic carbocycles. The summed E-state index contributed by atoms with van der Waals surface area (Å²) < 4.78 is 37.9. The van der Waals surface area contributed by atoms with Gasteiger partial charge in [0.25, 0.3) is 0 Å². The molecule has 2 atom stereocenters. The minimum absolute atomic E-state index is 0.0717. The number of ether oxygens (including phenoxy) is 2. The Morgan fingerprint density at radius 2 is 1.51 bits per heavy atom. The molecule has 2 aromatic carbocycles. The van der Waals surface area contributed by atoms with Gasteiger partial charge in [0, 0.05) is 66.8 Å². The number of rotatable bonds is 12. The lowest BCUT2D eigenvalue weighted by molar-refractivity contribution is -0.119. The van der Waals surface area contributed by atoms with Crippen molar-refractivity contribution in [3.8, 4) is 45.4 Å². The summed E-state index contributed by atoms with van der Waals surface area (Å²) >= 11 is 14.1. The molecule has 4 aromatic rings. The van der Waals surface area contributed by atoms with Gasteiger partial charge >= 0.3 is 0 Å². The fourth-order valence-electron chi connectivity index (χ4n) is 6.33. The van der Waals surface area contributed by atoms with Crippen molar-refractivity contribution < 1.29 is 23.0 Å². The van der Waals surface area contributed by atoms with E-state index in [2.05, 4.69) is 20.6 Å². The van der Waals surface area contributed by atoms with E-state index in [-0.39, 0.29) is 11.9 Å². The second kappa shape index (κ2) is 15.7. The fourth-order valence-corrected chi connectivity index (χ4v) is 6.98. The normalized spacial score (nSPS) is 18.1. The second-order valence-electron chi connectivity index (χ2n) is 12.2. The van der Waals surface area contributed by atoms with Crippen LogP contribution in [0.2, 0.25) is 10.0 Å². The van der Waals surface area contributed by atoms with Crippen LogP contribution in [0.4, 0.5) is 8.78 Å². The van der Waals surface area contributed by atoms with Crippen LogP contribution in [0.25, 0.3) is 33.6 Å². The van der Waals surface area contributed by atoms with Gasteiger partial charge in [0.2, 0.25) is 24.1 Å². The van der Waals surface area contributed by atoms with Crippen molar-refractivity contribution in [2.24, 2.45) is 5.92 Å². The van der Waals surface area contributed by atoms with Gasteiger partial charge in [-0.2, -0.15) is 0 Å². The molecule has 0 bridgehead atoms. The third-order valence-corrected chi connectivity index (χ3v) is 9.70. The maximum Gasteiger partial charge on any atom is 0.242 e. The number of aromatic nitrogens is 4. The first kappa shape index (κ1) is 34.9. The second-order valence-corrected chi connectivity index (χ2v) is 12.9. The highest BCUT2D eigenvalue weighted by molar-refractivity contribution is 6.39. The van der Waals surface area contributed by atoms with Crippen molar-refractivity contribution in [3.05, 3.63) is 70.2 Å². The Morgan fingerprint density at radius 1 is 0.918 bits per heavy atom. The third-order valence-electron chi connectivity index (χ3n) is 8.89. The van der Waals surface area contributed by atoms with Crippen LogP contribution in [0, 0.1) is 5.92 Å². The van der Waals surface area contributed by atoms with Crippen molar-refractivity contribution in [2.45, 2.75) is 51.2 Å². The van der Waals surface area contributed by atoms with Gasteiger partial charge < -0.3 is 20.1 Å². The molecule has 4 heterocycles. The number of amides is 1. The van der Waals surface area contributed by atoms with Crippen LogP contribution in [0.5, 0.6) is 11.8 Å². The highest BCUT2D eigenvalue weighted by atomic mass is 35.5. The molecule has 14 heteroatoms. The van der Waals surface area contributed by atoms with Gasteiger partial charge in [-0.3, -0.25) is 19.7 Å². The smallest absolute Gasteiger partial charge is 0.242 e. The average Bonchev–Trinajstić information content (AvgIpc) is 3.53. The summed E-state index contributed by atoms with van der Waals surface area (Å²) in [5.41, 5.74) is 4.88. The molecule has 2 fully saturated rings. The minimum Gasteiger partial charge on any atom is -0.480 e. The number of benzene rings is 2. The molecule has 258 valence electrons. The molecule has 0 spiro atoms. The van der Waals surface area contributed by atoms with E-state index in [4.69, 9.17) is 42.6 Å². The molecule has 1 unspecified atom stereocenters. The number of nitrogens with zero attached hydrogens (tertiary/aromatic N) is 5. The average molecular weight is 713 g/mol. The third kappa shape index (κ3) is 7.93. The maximum absolute atomic E-state index is 13.4. The van der Waals surface area contributed by atoms with Gasteiger partial charge in [-0.15, -0.1) is 0 Å². The zero-order valence-electron chi connectivity index (χ0n) is 27.2. The zero-order chi connectivity index (χ0) is 34.5. The van der Waals surface area contributed by atoms with Gasteiger partial charge in [-0.05, 0) is 25.8 Å². The fraction of sp³-hybridized carbons (Fsp3) is 0.400. The Kier molecular flexibility index (Phi) is 11.2. The van der Waals surface area contributed by atoms with Crippen LogP contribution < -0.4 is 20.1 Å². The summed E-state index contributed by atoms with van der Waals surface area (Å²) in [6.45, 7) is 2.43. The summed E-state index contributed by atoms with van der Waals surface area (Å²) in [7, 11) is 3.05. The molecular weight excluding hydrogens is 675 g/mol. The first-order chi connectivity index (χ1) is 23.7. The predicted molar refractivity (Wildman–Crippen MR) is 184 cm³/mol.